The molecule has 1 unspecified atom stereocenters. The van der Waals surface area contributed by atoms with Crippen molar-refractivity contribution in [1.82, 2.24) is 4.98 Å². The first-order valence-electron chi connectivity index (χ1n) is 5.73. The van der Waals surface area contributed by atoms with Crippen LogP contribution in [-0.4, -0.2) is 37.2 Å². The van der Waals surface area contributed by atoms with Crippen LogP contribution in [0.2, 0.25) is 0 Å². The molecular weight excluding hydrogens is 274 g/mol. The average molecular weight is 291 g/mol. The highest BCUT2D eigenvalue weighted by molar-refractivity contribution is 7.91. The predicted octanol–water partition coefficient (Wildman–Crippen LogP) is 0.450. The van der Waals surface area contributed by atoms with Gasteiger partial charge in [-0.25, -0.2) is 18.5 Å². The summed E-state index contributed by atoms with van der Waals surface area (Å²) in [7, 11) is -3.71. The van der Waals surface area contributed by atoms with Crippen LogP contribution in [0.1, 0.15) is 25.5 Å². The van der Waals surface area contributed by atoms with Gasteiger partial charge in [0.25, 0.3) is 0 Å². The molecule has 102 valence electrons. The lowest BCUT2D eigenvalue weighted by molar-refractivity contribution is 0.0593. The lowest BCUT2D eigenvalue weighted by atomic mass is 10.0. The third-order valence-electron chi connectivity index (χ3n) is 3.26. The van der Waals surface area contributed by atoms with Crippen molar-refractivity contribution in [2.45, 2.75) is 36.5 Å². The molecule has 0 spiro atoms. The fraction of sp³-hybridized carbons (Fsp3) is 0.700. The summed E-state index contributed by atoms with van der Waals surface area (Å²) in [6.45, 7) is 4.73. The van der Waals surface area contributed by atoms with Crippen LogP contribution in [0.3, 0.4) is 0 Å². The molecule has 1 aromatic heterocycles. The molecule has 2 heterocycles. The lowest BCUT2D eigenvalue weighted by Gasteiger charge is -2.20. The van der Waals surface area contributed by atoms with Crippen molar-refractivity contribution >= 4 is 26.5 Å². The Hall–Kier alpha value is -0.700. The summed E-state index contributed by atoms with van der Waals surface area (Å²) in [6, 6.07) is 0. The molecule has 0 radical (unpaired) electrons. The van der Waals surface area contributed by atoms with Gasteiger partial charge < -0.3 is 10.0 Å². The van der Waals surface area contributed by atoms with E-state index in [2.05, 4.69) is 4.98 Å². The quantitative estimate of drug-likeness (QED) is 0.843. The van der Waals surface area contributed by atoms with E-state index in [1.165, 1.54) is 0 Å². The minimum absolute atomic E-state index is 0.101. The summed E-state index contributed by atoms with van der Waals surface area (Å²) < 4.78 is 22.8. The summed E-state index contributed by atoms with van der Waals surface area (Å²) in [5.41, 5.74) is -0.272. The van der Waals surface area contributed by atoms with Gasteiger partial charge in [-0.2, -0.15) is 0 Å². The number of nitrogens with two attached hydrogens (primary N) is 1. The number of rotatable bonds is 3. The Kier molecular flexibility index (Phi) is 3.39. The standard InChI is InChI=1S/C10H17N3O3S2/c1-3-10(14)4-5-13(6-10)9-12-7(2)8(17-9)18(11,15)16/h14H,3-6H2,1-2H3,(H2,11,15,16). The topological polar surface area (TPSA) is 96.5 Å². The zero-order valence-electron chi connectivity index (χ0n) is 10.4. The number of aliphatic hydroxyl groups is 1. The molecule has 1 saturated heterocycles. The minimum Gasteiger partial charge on any atom is -0.388 e. The van der Waals surface area contributed by atoms with Crippen LogP contribution in [0.25, 0.3) is 0 Å². The van der Waals surface area contributed by atoms with E-state index in [4.69, 9.17) is 5.14 Å². The van der Waals surface area contributed by atoms with Crippen LogP contribution in [-0.2, 0) is 10.0 Å². The highest BCUT2D eigenvalue weighted by Gasteiger charge is 2.36. The minimum atomic E-state index is -3.71. The van der Waals surface area contributed by atoms with Crippen molar-refractivity contribution in [1.29, 1.82) is 0 Å². The molecule has 0 amide bonds. The summed E-state index contributed by atoms with van der Waals surface area (Å²) >= 11 is 1.07. The van der Waals surface area contributed by atoms with Crippen LogP contribution in [0.4, 0.5) is 5.13 Å². The predicted molar refractivity (Wildman–Crippen MR) is 70.3 cm³/mol. The van der Waals surface area contributed by atoms with Crippen molar-refractivity contribution in [3.05, 3.63) is 5.69 Å². The fourth-order valence-corrected chi connectivity index (χ4v) is 4.05. The van der Waals surface area contributed by atoms with Crippen LogP contribution < -0.4 is 10.0 Å². The normalized spacial score (nSPS) is 24.8. The van der Waals surface area contributed by atoms with Crippen LogP contribution >= 0.6 is 11.3 Å². The fourth-order valence-electron chi connectivity index (χ4n) is 2.08. The molecule has 0 saturated carbocycles. The summed E-state index contributed by atoms with van der Waals surface area (Å²) in [5.74, 6) is 0. The molecule has 1 aliphatic heterocycles. The van der Waals surface area contributed by atoms with Gasteiger partial charge in [0, 0.05) is 13.1 Å². The number of anilines is 1. The second-order valence-corrected chi connectivity index (χ2v) is 7.40. The highest BCUT2D eigenvalue weighted by Crippen LogP contribution is 2.34. The maximum Gasteiger partial charge on any atom is 0.249 e. The number of aryl methyl sites for hydroxylation is 1. The van der Waals surface area contributed by atoms with Crippen LogP contribution in [0.15, 0.2) is 4.21 Å². The van der Waals surface area contributed by atoms with Crippen molar-refractivity contribution < 1.29 is 13.5 Å². The molecule has 0 aromatic carbocycles. The number of hydrogen-bond donors (Lipinski definition) is 2. The second-order valence-electron chi connectivity index (χ2n) is 4.66. The van der Waals surface area contributed by atoms with Gasteiger partial charge in [-0.3, -0.25) is 0 Å². The van der Waals surface area contributed by atoms with Gasteiger partial charge in [-0.05, 0) is 19.8 Å². The van der Waals surface area contributed by atoms with E-state index in [9.17, 15) is 13.5 Å². The van der Waals surface area contributed by atoms with Crippen LogP contribution in [0.5, 0.6) is 0 Å². The van der Waals surface area contributed by atoms with Gasteiger partial charge in [0.05, 0.1) is 11.3 Å². The van der Waals surface area contributed by atoms with Gasteiger partial charge in [-0.1, -0.05) is 18.3 Å². The summed E-state index contributed by atoms with van der Waals surface area (Å²) in [4.78, 5) is 6.15. The molecule has 0 aliphatic carbocycles. The Balaban J connectivity index is 2.27. The molecule has 6 nitrogen and oxygen atoms in total. The van der Waals surface area contributed by atoms with Gasteiger partial charge in [-0.15, -0.1) is 0 Å². The Morgan fingerprint density at radius 3 is 2.72 bits per heavy atom. The molecule has 8 heteroatoms. The number of sulfonamides is 1. The van der Waals surface area contributed by atoms with E-state index < -0.39 is 15.6 Å². The zero-order chi connectivity index (χ0) is 13.6. The van der Waals surface area contributed by atoms with Crippen LogP contribution in [0, 0.1) is 6.92 Å². The molecule has 1 aromatic rings. The number of hydrogen-bond acceptors (Lipinski definition) is 6. The average Bonchev–Trinajstić information content (AvgIpc) is 2.82. The monoisotopic (exact) mass is 291 g/mol. The number of primary sulfonamides is 1. The second kappa shape index (κ2) is 4.44. The highest BCUT2D eigenvalue weighted by atomic mass is 32.2. The SMILES string of the molecule is CCC1(O)CCN(c2nc(C)c(S(N)(=O)=O)s2)C1. The molecule has 18 heavy (non-hydrogen) atoms. The summed E-state index contributed by atoms with van der Waals surface area (Å²) in [6.07, 6.45) is 1.35. The number of aromatic nitrogens is 1. The first-order valence-corrected chi connectivity index (χ1v) is 8.09. The lowest BCUT2D eigenvalue weighted by Crippen LogP contribution is -2.32. The molecule has 2 rings (SSSR count). The molecule has 1 fully saturated rings. The maximum atomic E-state index is 11.3. The summed E-state index contributed by atoms with van der Waals surface area (Å²) in [5, 5.41) is 15.9. The number of β-amino-alcohol motifs (C(OH)–C–C–N with tert-alkyl or cyclic N) is 1. The van der Waals surface area contributed by atoms with Crippen molar-refractivity contribution in [3.8, 4) is 0 Å². The van der Waals surface area contributed by atoms with E-state index in [0.717, 1.165) is 11.3 Å². The maximum absolute atomic E-state index is 11.3. The number of thiazole rings is 1. The molecule has 1 atom stereocenters. The third-order valence-corrected chi connectivity index (χ3v) is 6.03. The molecular formula is C10H17N3O3S2. The Bertz CT molecular complexity index is 555. The van der Waals surface area contributed by atoms with Gasteiger partial charge in [0.15, 0.2) is 9.34 Å². The van der Waals surface area contributed by atoms with E-state index in [1.54, 1.807) is 6.92 Å². The van der Waals surface area contributed by atoms with Crippen molar-refractivity contribution in [2.24, 2.45) is 5.14 Å². The Morgan fingerprint density at radius 2 is 2.28 bits per heavy atom. The van der Waals surface area contributed by atoms with E-state index in [-0.39, 0.29) is 4.21 Å². The van der Waals surface area contributed by atoms with Crippen molar-refractivity contribution in [3.63, 3.8) is 0 Å². The van der Waals surface area contributed by atoms with E-state index >= 15 is 0 Å². The number of nitrogens with zero attached hydrogens (tertiary/aromatic N) is 2. The molecule has 1 aliphatic rings. The molecule has 3 N–H and O–H groups in total. The van der Waals surface area contributed by atoms with Gasteiger partial charge >= 0.3 is 0 Å². The zero-order valence-corrected chi connectivity index (χ0v) is 12.0. The van der Waals surface area contributed by atoms with E-state index in [0.29, 0.717) is 36.8 Å². The first kappa shape index (κ1) is 13.7. The first-order chi connectivity index (χ1) is 8.25. The Morgan fingerprint density at radius 1 is 1.61 bits per heavy atom. The Labute approximate surface area is 110 Å². The molecule has 0 bridgehead atoms. The third kappa shape index (κ3) is 2.51. The van der Waals surface area contributed by atoms with Gasteiger partial charge in [0.2, 0.25) is 10.0 Å². The largest absolute Gasteiger partial charge is 0.388 e. The van der Waals surface area contributed by atoms with Crippen molar-refractivity contribution in [2.75, 3.05) is 18.0 Å². The smallest absolute Gasteiger partial charge is 0.249 e. The van der Waals surface area contributed by atoms with Gasteiger partial charge in [0.1, 0.15) is 0 Å². The van der Waals surface area contributed by atoms with E-state index in [1.807, 2.05) is 11.8 Å².